The van der Waals surface area contributed by atoms with Crippen LogP contribution >= 0.6 is 0 Å². The highest BCUT2D eigenvalue weighted by atomic mass is 16.2. The number of carbonyl (C=O) groups is 2. The zero-order chi connectivity index (χ0) is 21.3. The summed E-state index contributed by atoms with van der Waals surface area (Å²) in [6.45, 7) is 4.10. The van der Waals surface area contributed by atoms with Crippen LogP contribution in [-0.4, -0.2) is 54.7 Å². The molecule has 2 aromatic rings. The smallest absolute Gasteiger partial charge is 0.236 e. The van der Waals surface area contributed by atoms with Gasteiger partial charge in [-0.3, -0.25) is 9.59 Å². The predicted octanol–water partition coefficient (Wildman–Crippen LogP) is 3.72. The molecule has 1 fully saturated rings. The van der Waals surface area contributed by atoms with E-state index in [9.17, 15) is 9.59 Å². The first-order chi connectivity index (χ1) is 14.6. The highest BCUT2D eigenvalue weighted by Gasteiger charge is 2.12. The van der Waals surface area contributed by atoms with Crippen LogP contribution < -0.4 is 5.73 Å². The number of hydrogen-bond acceptors (Lipinski definition) is 4. The van der Waals surface area contributed by atoms with Gasteiger partial charge in [0.1, 0.15) is 0 Å². The highest BCUT2D eigenvalue weighted by molar-refractivity contribution is 5.96. The maximum absolute atomic E-state index is 12.5. The van der Waals surface area contributed by atoms with E-state index in [-0.39, 0.29) is 18.2 Å². The van der Waals surface area contributed by atoms with Crippen LogP contribution in [0.4, 0.5) is 0 Å². The zero-order valence-corrected chi connectivity index (χ0v) is 18.0. The van der Waals surface area contributed by atoms with Gasteiger partial charge in [0.25, 0.3) is 0 Å². The van der Waals surface area contributed by atoms with Crippen molar-refractivity contribution in [1.29, 1.82) is 0 Å². The van der Waals surface area contributed by atoms with Crippen LogP contribution in [0.1, 0.15) is 48.0 Å². The topological polar surface area (TPSA) is 66.6 Å². The Kier molecular flexibility index (Phi) is 8.17. The number of hydrogen-bond donors (Lipinski definition) is 1. The quantitative estimate of drug-likeness (QED) is 0.481. The third-order valence-corrected chi connectivity index (χ3v) is 5.81. The van der Waals surface area contributed by atoms with E-state index >= 15 is 0 Å². The number of Topliss-reactive ketones (excluding diaryl/α,β-unsaturated/α-hetero) is 1. The van der Waals surface area contributed by atoms with Gasteiger partial charge in [-0.1, -0.05) is 42.5 Å². The van der Waals surface area contributed by atoms with Gasteiger partial charge in [0.15, 0.2) is 5.78 Å². The van der Waals surface area contributed by atoms with E-state index in [4.69, 9.17) is 5.73 Å². The van der Waals surface area contributed by atoms with E-state index in [2.05, 4.69) is 11.0 Å². The second kappa shape index (κ2) is 11.0. The van der Waals surface area contributed by atoms with E-state index in [1.54, 1.807) is 11.9 Å². The largest absolute Gasteiger partial charge is 0.340 e. The maximum atomic E-state index is 12.5. The van der Waals surface area contributed by atoms with Crippen molar-refractivity contribution in [3.8, 4) is 11.1 Å². The molecule has 5 nitrogen and oxygen atoms in total. The number of nitrogens with zero attached hydrogens (tertiary/aromatic N) is 2. The molecule has 30 heavy (non-hydrogen) atoms. The van der Waals surface area contributed by atoms with E-state index < -0.39 is 0 Å². The van der Waals surface area contributed by atoms with Gasteiger partial charge in [-0.2, -0.15) is 0 Å². The molecular formula is C25H33N3O2. The minimum Gasteiger partial charge on any atom is -0.340 e. The third kappa shape index (κ3) is 6.25. The molecule has 0 spiro atoms. The third-order valence-electron chi connectivity index (χ3n) is 5.81. The van der Waals surface area contributed by atoms with Crippen LogP contribution in [0, 0.1) is 0 Å². The molecule has 1 heterocycles. The molecule has 0 aliphatic carbocycles. The second-order valence-corrected chi connectivity index (χ2v) is 8.16. The van der Waals surface area contributed by atoms with Gasteiger partial charge in [-0.25, -0.2) is 0 Å². The summed E-state index contributed by atoms with van der Waals surface area (Å²) in [5, 5.41) is 0. The Labute approximate surface area is 179 Å². The van der Waals surface area contributed by atoms with Gasteiger partial charge in [0, 0.05) is 25.6 Å². The SMILES string of the molecule is CN(Cc1cccc(-c2ccc(C(=O)CCCCN3CCCC3)cc2)c1)C(=O)CN. The fourth-order valence-electron chi connectivity index (χ4n) is 3.99. The van der Waals surface area contributed by atoms with E-state index in [1.807, 2.05) is 42.5 Å². The van der Waals surface area contributed by atoms with Gasteiger partial charge in [0.05, 0.1) is 6.54 Å². The van der Waals surface area contributed by atoms with Crippen LogP contribution in [0.25, 0.3) is 11.1 Å². The van der Waals surface area contributed by atoms with Gasteiger partial charge in [0.2, 0.25) is 5.91 Å². The average molecular weight is 408 g/mol. The fourth-order valence-corrected chi connectivity index (χ4v) is 3.99. The minimum atomic E-state index is -0.0799. The molecule has 3 rings (SSSR count). The Bertz CT molecular complexity index is 842. The number of nitrogens with two attached hydrogens (primary N) is 1. The molecule has 0 aromatic heterocycles. The highest BCUT2D eigenvalue weighted by Crippen LogP contribution is 2.22. The second-order valence-electron chi connectivity index (χ2n) is 8.16. The molecule has 160 valence electrons. The first-order valence-electron chi connectivity index (χ1n) is 11.0. The number of benzene rings is 2. The van der Waals surface area contributed by atoms with Gasteiger partial charge in [-0.15, -0.1) is 0 Å². The van der Waals surface area contributed by atoms with Crippen molar-refractivity contribution in [2.45, 2.75) is 38.6 Å². The lowest BCUT2D eigenvalue weighted by molar-refractivity contribution is -0.128. The average Bonchev–Trinajstić information content (AvgIpc) is 3.30. The Morgan fingerprint density at radius 1 is 1.00 bits per heavy atom. The summed E-state index contributed by atoms with van der Waals surface area (Å²) < 4.78 is 0. The van der Waals surface area contributed by atoms with Crippen LogP contribution in [0.15, 0.2) is 48.5 Å². The van der Waals surface area contributed by atoms with Crippen molar-refractivity contribution >= 4 is 11.7 Å². The molecule has 2 aromatic carbocycles. The number of likely N-dealkylation sites (N-methyl/N-ethyl adjacent to an activating group) is 1. The standard InChI is InChI=1S/C25H33N3O2/c1-27(25(30)18-26)19-20-7-6-8-23(17-20)21-10-12-22(13-11-21)24(29)9-2-3-14-28-15-4-5-16-28/h6-8,10-13,17H,2-5,9,14-16,18-19,26H2,1H3. The van der Waals surface area contributed by atoms with E-state index in [1.165, 1.54) is 25.9 Å². The number of carbonyl (C=O) groups excluding carboxylic acids is 2. The molecule has 1 amide bonds. The van der Waals surface area contributed by atoms with Crippen molar-refractivity contribution in [2.75, 3.05) is 33.2 Å². The molecule has 5 heteroatoms. The summed E-state index contributed by atoms with van der Waals surface area (Å²) in [7, 11) is 1.76. The summed E-state index contributed by atoms with van der Waals surface area (Å²) in [5.74, 6) is 0.141. The van der Waals surface area contributed by atoms with Gasteiger partial charge >= 0.3 is 0 Å². The number of unbranched alkanes of at least 4 members (excludes halogenated alkanes) is 1. The number of amides is 1. The van der Waals surface area contributed by atoms with Gasteiger partial charge in [-0.05, 0) is 68.1 Å². The molecule has 0 atom stereocenters. The number of rotatable bonds is 10. The van der Waals surface area contributed by atoms with Crippen LogP contribution in [0.3, 0.4) is 0 Å². The van der Waals surface area contributed by atoms with E-state index in [0.717, 1.165) is 41.6 Å². The van der Waals surface area contributed by atoms with Crippen molar-refractivity contribution in [1.82, 2.24) is 9.80 Å². The molecule has 0 unspecified atom stereocenters. The Balaban J connectivity index is 1.53. The fraction of sp³-hybridized carbons (Fsp3) is 0.440. The molecule has 1 aliphatic heterocycles. The summed E-state index contributed by atoms with van der Waals surface area (Å²) in [6.07, 6.45) is 5.30. The molecule has 1 aliphatic rings. The lowest BCUT2D eigenvalue weighted by Gasteiger charge is -2.16. The predicted molar refractivity (Wildman–Crippen MR) is 121 cm³/mol. The van der Waals surface area contributed by atoms with Gasteiger partial charge < -0.3 is 15.5 Å². The van der Waals surface area contributed by atoms with Crippen LogP contribution in [-0.2, 0) is 11.3 Å². The zero-order valence-electron chi connectivity index (χ0n) is 18.0. The first-order valence-corrected chi connectivity index (χ1v) is 11.0. The van der Waals surface area contributed by atoms with Crippen molar-refractivity contribution in [3.63, 3.8) is 0 Å². The van der Waals surface area contributed by atoms with Crippen molar-refractivity contribution in [3.05, 3.63) is 59.7 Å². The minimum absolute atomic E-state index is 0.0178. The summed E-state index contributed by atoms with van der Waals surface area (Å²) in [4.78, 5) is 28.3. The van der Waals surface area contributed by atoms with Crippen molar-refractivity contribution in [2.24, 2.45) is 5.73 Å². The van der Waals surface area contributed by atoms with E-state index in [0.29, 0.717) is 13.0 Å². The number of likely N-dealkylation sites (tertiary alicyclic amines) is 1. The van der Waals surface area contributed by atoms with Crippen LogP contribution in [0.5, 0.6) is 0 Å². The number of ketones is 1. The monoisotopic (exact) mass is 407 g/mol. The lowest BCUT2D eigenvalue weighted by Crippen LogP contribution is -2.32. The first kappa shape index (κ1) is 22.2. The Morgan fingerprint density at radius 3 is 2.43 bits per heavy atom. The molecule has 2 N–H and O–H groups in total. The molecule has 1 saturated heterocycles. The Morgan fingerprint density at radius 2 is 1.73 bits per heavy atom. The van der Waals surface area contributed by atoms with Crippen LogP contribution in [0.2, 0.25) is 0 Å². The molecule has 0 saturated carbocycles. The van der Waals surface area contributed by atoms with Crippen molar-refractivity contribution < 1.29 is 9.59 Å². The summed E-state index contributed by atoms with van der Waals surface area (Å²) in [6, 6.07) is 16.0. The summed E-state index contributed by atoms with van der Waals surface area (Å²) in [5.41, 5.74) is 9.40. The maximum Gasteiger partial charge on any atom is 0.236 e. The molecular weight excluding hydrogens is 374 g/mol. The summed E-state index contributed by atoms with van der Waals surface area (Å²) >= 11 is 0. The Hall–Kier alpha value is -2.50. The molecule has 0 radical (unpaired) electrons. The lowest BCUT2D eigenvalue weighted by atomic mass is 9.99. The molecule has 0 bridgehead atoms. The normalized spacial score (nSPS) is 14.1.